The second kappa shape index (κ2) is 7.75. The minimum atomic E-state index is -0.125. The number of halogens is 1. The number of hydrogen-bond acceptors (Lipinski definition) is 3. The number of nitrogens with zero attached hydrogens (tertiary/aromatic N) is 1. The highest BCUT2D eigenvalue weighted by Gasteiger charge is 2.07. The van der Waals surface area contributed by atoms with Gasteiger partial charge in [-0.1, -0.05) is 46.3 Å². The van der Waals surface area contributed by atoms with Crippen molar-refractivity contribution in [3.8, 4) is 0 Å². The van der Waals surface area contributed by atoms with E-state index in [1.54, 1.807) is 18.3 Å². The molecule has 3 rings (SSSR count). The molecule has 0 bridgehead atoms. The zero-order chi connectivity index (χ0) is 16.8. The van der Waals surface area contributed by atoms with E-state index in [0.29, 0.717) is 17.9 Å². The Balaban J connectivity index is 1.65. The number of benzene rings is 2. The van der Waals surface area contributed by atoms with E-state index < -0.39 is 0 Å². The van der Waals surface area contributed by atoms with Crippen molar-refractivity contribution in [2.75, 3.05) is 5.32 Å². The average molecular weight is 382 g/mol. The van der Waals surface area contributed by atoms with Crippen LogP contribution in [0.4, 0.5) is 11.5 Å². The maximum Gasteiger partial charge on any atom is 0.251 e. The Bertz CT molecular complexity index is 820. The first-order valence-corrected chi connectivity index (χ1v) is 8.31. The minimum Gasteiger partial charge on any atom is -0.348 e. The van der Waals surface area contributed by atoms with Crippen molar-refractivity contribution in [3.63, 3.8) is 0 Å². The van der Waals surface area contributed by atoms with Crippen LogP contribution in [0.25, 0.3) is 0 Å². The molecule has 0 unspecified atom stereocenters. The van der Waals surface area contributed by atoms with Gasteiger partial charge >= 0.3 is 0 Å². The summed E-state index contributed by atoms with van der Waals surface area (Å²) in [5.41, 5.74) is 2.54. The van der Waals surface area contributed by atoms with Crippen LogP contribution in [0.2, 0.25) is 0 Å². The fourth-order valence-electron chi connectivity index (χ4n) is 2.20. The molecule has 0 radical (unpaired) electrons. The van der Waals surface area contributed by atoms with Crippen molar-refractivity contribution in [3.05, 3.63) is 88.5 Å². The molecule has 0 spiro atoms. The fourth-order valence-corrected chi connectivity index (χ4v) is 2.47. The first-order valence-electron chi connectivity index (χ1n) is 7.51. The maximum atomic E-state index is 12.3. The van der Waals surface area contributed by atoms with Gasteiger partial charge in [0.2, 0.25) is 0 Å². The van der Waals surface area contributed by atoms with Crippen molar-refractivity contribution in [1.29, 1.82) is 0 Å². The summed E-state index contributed by atoms with van der Waals surface area (Å²) in [4.78, 5) is 16.5. The van der Waals surface area contributed by atoms with Crippen LogP contribution < -0.4 is 10.6 Å². The minimum absolute atomic E-state index is 0.125. The molecule has 5 heteroatoms. The van der Waals surface area contributed by atoms with Crippen LogP contribution in [-0.2, 0) is 6.54 Å². The molecule has 0 atom stereocenters. The van der Waals surface area contributed by atoms with Crippen LogP contribution in [0, 0.1) is 0 Å². The molecule has 4 nitrogen and oxygen atoms in total. The maximum absolute atomic E-state index is 12.3. The van der Waals surface area contributed by atoms with Crippen molar-refractivity contribution in [2.45, 2.75) is 6.54 Å². The number of rotatable bonds is 5. The van der Waals surface area contributed by atoms with Crippen molar-refractivity contribution in [2.24, 2.45) is 0 Å². The Hall–Kier alpha value is -2.66. The van der Waals surface area contributed by atoms with E-state index >= 15 is 0 Å². The summed E-state index contributed by atoms with van der Waals surface area (Å²) in [5, 5.41) is 6.10. The third-order valence-corrected chi connectivity index (χ3v) is 3.96. The lowest BCUT2D eigenvalue weighted by Gasteiger charge is -2.08. The molecule has 120 valence electrons. The Labute approximate surface area is 149 Å². The number of carbonyl (C=O) groups is 1. The van der Waals surface area contributed by atoms with Gasteiger partial charge in [-0.25, -0.2) is 4.98 Å². The lowest BCUT2D eigenvalue weighted by Crippen LogP contribution is -2.22. The number of nitrogens with one attached hydrogen (secondary N) is 2. The Morgan fingerprint density at radius 1 is 1.00 bits per heavy atom. The largest absolute Gasteiger partial charge is 0.348 e. The van der Waals surface area contributed by atoms with Gasteiger partial charge < -0.3 is 10.6 Å². The van der Waals surface area contributed by atoms with Gasteiger partial charge in [0.15, 0.2) is 0 Å². The molecular weight excluding hydrogens is 366 g/mol. The number of hydrogen-bond donors (Lipinski definition) is 2. The highest BCUT2D eigenvalue weighted by molar-refractivity contribution is 9.10. The Morgan fingerprint density at radius 3 is 2.50 bits per heavy atom. The van der Waals surface area contributed by atoms with Crippen LogP contribution in [-0.4, -0.2) is 10.9 Å². The number of amides is 1. The quantitative estimate of drug-likeness (QED) is 0.682. The third kappa shape index (κ3) is 4.43. The third-order valence-electron chi connectivity index (χ3n) is 3.43. The Kier molecular flexibility index (Phi) is 5.23. The molecule has 2 N–H and O–H groups in total. The van der Waals surface area contributed by atoms with Crippen LogP contribution in [0.3, 0.4) is 0 Å². The molecule has 0 aliphatic rings. The van der Waals surface area contributed by atoms with Gasteiger partial charge in [-0.05, 0) is 42.0 Å². The van der Waals surface area contributed by atoms with Crippen molar-refractivity contribution < 1.29 is 4.79 Å². The lowest BCUT2D eigenvalue weighted by molar-refractivity contribution is 0.0951. The van der Waals surface area contributed by atoms with Gasteiger partial charge in [-0.3, -0.25) is 4.79 Å². The molecule has 0 saturated carbocycles. The molecule has 0 aliphatic heterocycles. The van der Waals surface area contributed by atoms with E-state index in [2.05, 4.69) is 31.5 Å². The molecule has 1 heterocycles. The second-order valence-corrected chi connectivity index (χ2v) is 6.15. The number of pyridine rings is 1. The van der Waals surface area contributed by atoms with Crippen LogP contribution in [0.5, 0.6) is 0 Å². The van der Waals surface area contributed by atoms with Gasteiger partial charge in [0.05, 0.1) is 0 Å². The number of carbonyl (C=O) groups excluding carboxylic acids is 1. The predicted octanol–water partition coefficient (Wildman–Crippen LogP) is 4.52. The lowest BCUT2D eigenvalue weighted by atomic mass is 10.2. The zero-order valence-electron chi connectivity index (χ0n) is 12.9. The van der Waals surface area contributed by atoms with Gasteiger partial charge in [0, 0.05) is 28.5 Å². The van der Waals surface area contributed by atoms with Gasteiger partial charge in [0.25, 0.3) is 5.91 Å². The second-order valence-electron chi connectivity index (χ2n) is 5.23. The summed E-state index contributed by atoms with van der Waals surface area (Å²) < 4.78 is 1.01. The highest BCUT2D eigenvalue weighted by atomic mass is 79.9. The molecule has 0 aliphatic carbocycles. The van der Waals surface area contributed by atoms with Crippen LogP contribution >= 0.6 is 15.9 Å². The SMILES string of the molecule is O=C(NCc1ccccc1)c1ccnc(Nc2ccc(Br)cc2)c1. The highest BCUT2D eigenvalue weighted by Crippen LogP contribution is 2.18. The molecule has 0 saturated heterocycles. The van der Waals surface area contributed by atoms with Gasteiger partial charge in [-0.15, -0.1) is 0 Å². The number of aromatic nitrogens is 1. The molecule has 24 heavy (non-hydrogen) atoms. The van der Waals surface area contributed by atoms with Gasteiger partial charge in [0.1, 0.15) is 5.82 Å². The summed E-state index contributed by atoms with van der Waals surface area (Å²) in [5.74, 6) is 0.504. The summed E-state index contributed by atoms with van der Waals surface area (Å²) in [6, 6.07) is 21.0. The summed E-state index contributed by atoms with van der Waals surface area (Å²) in [6.45, 7) is 0.497. The molecule has 3 aromatic rings. The fraction of sp³-hybridized carbons (Fsp3) is 0.0526. The van der Waals surface area contributed by atoms with Crippen molar-refractivity contribution >= 4 is 33.3 Å². The van der Waals surface area contributed by atoms with Gasteiger partial charge in [-0.2, -0.15) is 0 Å². The average Bonchev–Trinajstić information content (AvgIpc) is 2.63. The van der Waals surface area contributed by atoms with Crippen LogP contribution in [0.15, 0.2) is 77.4 Å². The zero-order valence-corrected chi connectivity index (χ0v) is 14.5. The van der Waals surface area contributed by atoms with E-state index in [4.69, 9.17) is 0 Å². The Morgan fingerprint density at radius 2 is 1.75 bits per heavy atom. The molecule has 1 amide bonds. The summed E-state index contributed by atoms with van der Waals surface area (Å²) >= 11 is 3.40. The molecule has 1 aromatic heterocycles. The smallest absolute Gasteiger partial charge is 0.251 e. The first kappa shape index (κ1) is 16.2. The van der Waals surface area contributed by atoms with Crippen molar-refractivity contribution in [1.82, 2.24) is 10.3 Å². The standard InChI is InChI=1S/C19H16BrN3O/c20-16-6-8-17(9-7-16)23-18-12-15(10-11-21-18)19(24)22-13-14-4-2-1-3-5-14/h1-12H,13H2,(H,21,23)(H,22,24). The first-order chi connectivity index (χ1) is 11.7. The molecule has 2 aromatic carbocycles. The predicted molar refractivity (Wildman–Crippen MR) is 99.3 cm³/mol. The van der Waals surface area contributed by atoms with E-state index in [9.17, 15) is 4.79 Å². The van der Waals surface area contributed by atoms with E-state index in [-0.39, 0.29) is 5.91 Å². The summed E-state index contributed by atoms with van der Waals surface area (Å²) in [6.07, 6.45) is 1.62. The van der Waals surface area contributed by atoms with Crippen LogP contribution in [0.1, 0.15) is 15.9 Å². The molecule has 0 fully saturated rings. The van der Waals surface area contributed by atoms with E-state index in [0.717, 1.165) is 15.7 Å². The van der Waals surface area contributed by atoms with E-state index in [1.807, 2.05) is 54.6 Å². The topological polar surface area (TPSA) is 54.0 Å². The molecular formula is C19H16BrN3O. The number of anilines is 2. The normalized spacial score (nSPS) is 10.2. The monoisotopic (exact) mass is 381 g/mol. The van der Waals surface area contributed by atoms with E-state index in [1.165, 1.54) is 0 Å². The summed E-state index contributed by atoms with van der Waals surface area (Å²) in [7, 11) is 0.